The zero-order chi connectivity index (χ0) is 13.0. The molecule has 3 heteroatoms. The third-order valence-corrected chi connectivity index (χ3v) is 2.42. The van der Waals surface area contributed by atoms with Gasteiger partial charge in [0.1, 0.15) is 5.69 Å². The van der Waals surface area contributed by atoms with Crippen molar-refractivity contribution in [1.29, 1.82) is 0 Å². The quantitative estimate of drug-likeness (QED) is 0.757. The van der Waals surface area contributed by atoms with Gasteiger partial charge in [0.2, 0.25) is 0 Å². The van der Waals surface area contributed by atoms with Gasteiger partial charge in [-0.1, -0.05) is 30.0 Å². The molecule has 0 radical (unpaired) electrons. The lowest BCUT2D eigenvalue weighted by atomic mass is 10.1. The molecule has 2 aromatic carbocycles. The maximum Gasteiger partial charge on any atom is 0.150 e. The summed E-state index contributed by atoms with van der Waals surface area (Å²) in [5.41, 5.74) is 0.976. The van der Waals surface area contributed by atoms with E-state index in [9.17, 15) is 8.78 Å². The van der Waals surface area contributed by atoms with Crippen LogP contribution >= 0.6 is 0 Å². The fourth-order valence-corrected chi connectivity index (χ4v) is 1.55. The predicted octanol–water partition coefficient (Wildman–Crippen LogP) is 3.41. The number of hydrogen-bond acceptors (Lipinski definition) is 1. The van der Waals surface area contributed by atoms with Crippen LogP contribution in [0.1, 0.15) is 11.1 Å². The zero-order valence-corrected chi connectivity index (χ0v) is 9.80. The van der Waals surface area contributed by atoms with E-state index in [0.717, 1.165) is 5.56 Å². The van der Waals surface area contributed by atoms with Gasteiger partial charge in [-0.15, -0.1) is 0 Å². The van der Waals surface area contributed by atoms with Gasteiger partial charge in [-0.05, 0) is 24.3 Å². The van der Waals surface area contributed by atoms with Crippen LogP contribution in [0.25, 0.3) is 0 Å². The molecule has 0 unspecified atom stereocenters. The molecular weight excluding hydrogens is 232 g/mol. The zero-order valence-electron chi connectivity index (χ0n) is 9.80. The van der Waals surface area contributed by atoms with Gasteiger partial charge in [0, 0.05) is 18.2 Å². The second-order valence-electron chi connectivity index (χ2n) is 3.68. The maximum atomic E-state index is 13.5. The van der Waals surface area contributed by atoms with Gasteiger partial charge in [-0.2, -0.15) is 0 Å². The lowest BCUT2D eigenvalue weighted by Gasteiger charge is -2.03. The normalized spacial score (nSPS) is 9.50. The van der Waals surface area contributed by atoms with Crippen molar-refractivity contribution < 1.29 is 8.78 Å². The Balaban J connectivity index is 2.34. The van der Waals surface area contributed by atoms with Crippen molar-refractivity contribution in [2.75, 3.05) is 12.4 Å². The Kier molecular flexibility index (Phi) is 3.59. The van der Waals surface area contributed by atoms with Gasteiger partial charge < -0.3 is 5.32 Å². The summed E-state index contributed by atoms with van der Waals surface area (Å²) in [6, 6.07) is 11.7. The van der Waals surface area contributed by atoms with E-state index in [1.807, 2.05) is 30.3 Å². The summed E-state index contributed by atoms with van der Waals surface area (Å²) < 4.78 is 26.9. The Labute approximate surface area is 104 Å². The highest BCUT2D eigenvalue weighted by molar-refractivity contribution is 5.52. The summed E-state index contributed by atoms with van der Waals surface area (Å²) in [4.78, 5) is 0. The standard InChI is InChI=1S/C15H11F2N/c1-18-15-13(16)9-12(10-14(15)17)8-7-11-5-3-2-4-6-11/h2-6,9-10,18H,1H3. The van der Waals surface area contributed by atoms with Gasteiger partial charge in [0.05, 0.1) is 0 Å². The van der Waals surface area contributed by atoms with Crippen molar-refractivity contribution in [3.63, 3.8) is 0 Å². The van der Waals surface area contributed by atoms with Crippen LogP contribution in [0.3, 0.4) is 0 Å². The molecule has 0 aliphatic carbocycles. The molecule has 18 heavy (non-hydrogen) atoms. The van der Waals surface area contributed by atoms with Crippen molar-refractivity contribution in [3.8, 4) is 11.8 Å². The summed E-state index contributed by atoms with van der Waals surface area (Å²) in [6.07, 6.45) is 0. The van der Waals surface area contributed by atoms with Gasteiger partial charge in [0.15, 0.2) is 11.6 Å². The van der Waals surface area contributed by atoms with Crippen LogP contribution in [0.4, 0.5) is 14.5 Å². The molecule has 0 aromatic heterocycles. The van der Waals surface area contributed by atoms with Gasteiger partial charge in [-0.25, -0.2) is 8.78 Å². The van der Waals surface area contributed by atoms with Crippen LogP contribution in [-0.4, -0.2) is 7.05 Å². The number of halogens is 2. The number of benzene rings is 2. The summed E-state index contributed by atoms with van der Waals surface area (Å²) in [6.45, 7) is 0. The summed E-state index contributed by atoms with van der Waals surface area (Å²) >= 11 is 0. The van der Waals surface area contributed by atoms with Gasteiger partial charge in [0.25, 0.3) is 0 Å². The van der Waals surface area contributed by atoms with Crippen LogP contribution in [-0.2, 0) is 0 Å². The van der Waals surface area contributed by atoms with Crippen LogP contribution in [0.15, 0.2) is 42.5 Å². The monoisotopic (exact) mass is 243 g/mol. The Morgan fingerprint density at radius 2 is 1.44 bits per heavy atom. The molecular formula is C15H11F2N. The van der Waals surface area contributed by atoms with Crippen LogP contribution in [0.2, 0.25) is 0 Å². The number of rotatable bonds is 1. The Bertz CT molecular complexity index is 586. The molecule has 0 amide bonds. The molecule has 0 heterocycles. The van der Waals surface area contributed by atoms with Gasteiger partial charge in [-0.3, -0.25) is 0 Å². The Morgan fingerprint density at radius 1 is 0.889 bits per heavy atom. The highest BCUT2D eigenvalue weighted by Gasteiger charge is 2.08. The molecule has 1 nitrogen and oxygen atoms in total. The van der Waals surface area contributed by atoms with Crippen molar-refractivity contribution in [3.05, 3.63) is 65.2 Å². The molecule has 0 saturated heterocycles. The Hall–Kier alpha value is -2.34. The first-order valence-corrected chi connectivity index (χ1v) is 5.44. The molecule has 2 aromatic rings. The minimum atomic E-state index is -0.644. The van der Waals surface area contributed by atoms with E-state index < -0.39 is 11.6 Å². The molecule has 90 valence electrons. The molecule has 0 aliphatic heterocycles. The minimum Gasteiger partial charge on any atom is -0.383 e. The van der Waals surface area contributed by atoms with Crippen LogP contribution < -0.4 is 5.32 Å². The van der Waals surface area contributed by atoms with E-state index in [1.165, 1.54) is 19.2 Å². The van der Waals surface area contributed by atoms with Crippen molar-refractivity contribution in [2.45, 2.75) is 0 Å². The Morgan fingerprint density at radius 3 is 2.00 bits per heavy atom. The third-order valence-electron chi connectivity index (χ3n) is 2.42. The number of anilines is 1. The first kappa shape index (κ1) is 12.1. The fourth-order valence-electron chi connectivity index (χ4n) is 1.55. The van der Waals surface area contributed by atoms with E-state index in [2.05, 4.69) is 17.2 Å². The first-order chi connectivity index (χ1) is 8.70. The topological polar surface area (TPSA) is 12.0 Å². The molecule has 0 fully saturated rings. The van der Waals surface area contributed by atoms with E-state index >= 15 is 0 Å². The highest BCUT2D eigenvalue weighted by Crippen LogP contribution is 2.19. The van der Waals surface area contributed by atoms with Crippen molar-refractivity contribution in [1.82, 2.24) is 0 Å². The SMILES string of the molecule is CNc1c(F)cc(C#Cc2ccccc2)cc1F. The second-order valence-corrected chi connectivity index (χ2v) is 3.68. The maximum absolute atomic E-state index is 13.5. The van der Waals surface area contributed by atoms with Crippen molar-refractivity contribution >= 4 is 5.69 Å². The third kappa shape index (κ3) is 2.67. The average Bonchev–Trinajstić information content (AvgIpc) is 2.37. The molecule has 0 atom stereocenters. The molecule has 2 rings (SSSR count). The average molecular weight is 243 g/mol. The summed E-state index contributed by atoms with van der Waals surface area (Å²) in [5, 5.41) is 2.47. The summed E-state index contributed by atoms with van der Waals surface area (Å²) in [5.74, 6) is 4.30. The number of nitrogens with one attached hydrogen (secondary N) is 1. The first-order valence-electron chi connectivity index (χ1n) is 5.44. The lowest BCUT2D eigenvalue weighted by molar-refractivity contribution is 0.589. The smallest absolute Gasteiger partial charge is 0.150 e. The predicted molar refractivity (Wildman–Crippen MR) is 68.3 cm³/mol. The molecule has 0 saturated carbocycles. The largest absolute Gasteiger partial charge is 0.383 e. The van der Waals surface area contributed by atoms with E-state index in [1.54, 1.807) is 0 Å². The molecule has 0 aliphatic rings. The second kappa shape index (κ2) is 5.33. The van der Waals surface area contributed by atoms with Crippen LogP contribution in [0, 0.1) is 23.5 Å². The molecule has 0 spiro atoms. The van der Waals surface area contributed by atoms with Crippen LogP contribution in [0.5, 0.6) is 0 Å². The fraction of sp³-hybridized carbons (Fsp3) is 0.0667. The van der Waals surface area contributed by atoms with Crippen molar-refractivity contribution in [2.24, 2.45) is 0 Å². The minimum absolute atomic E-state index is 0.139. The number of hydrogen-bond donors (Lipinski definition) is 1. The van der Waals surface area contributed by atoms with Gasteiger partial charge >= 0.3 is 0 Å². The lowest BCUT2D eigenvalue weighted by Crippen LogP contribution is -1.97. The van der Waals surface area contributed by atoms with E-state index in [-0.39, 0.29) is 5.69 Å². The highest BCUT2D eigenvalue weighted by atomic mass is 19.1. The van der Waals surface area contributed by atoms with E-state index in [4.69, 9.17) is 0 Å². The molecule has 0 bridgehead atoms. The molecule has 1 N–H and O–H groups in total. The van der Waals surface area contributed by atoms with E-state index in [0.29, 0.717) is 5.56 Å². The summed E-state index contributed by atoms with van der Waals surface area (Å²) in [7, 11) is 1.47.